The van der Waals surface area contributed by atoms with E-state index in [-0.39, 0.29) is 24.3 Å². The number of hydrogen-bond acceptors (Lipinski definition) is 4. The molecule has 8 heteroatoms. The van der Waals surface area contributed by atoms with Crippen LogP contribution in [0.3, 0.4) is 0 Å². The van der Waals surface area contributed by atoms with E-state index < -0.39 is 17.4 Å². The van der Waals surface area contributed by atoms with E-state index in [1.54, 1.807) is 18.2 Å². The van der Waals surface area contributed by atoms with Gasteiger partial charge in [0.2, 0.25) is 17.7 Å². The Morgan fingerprint density at radius 3 is 2.68 bits per heavy atom. The molecule has 7 nitrogen and oxygen atoms in total. The number of carbonyl (C=O) groups is 3. The second kappa shape index (κ2) is 7.03. The SMILES string of the molecule is NC(=O)CC1CC(C(=O)Nc2ccccc2)C2(N1)C(=O)Nc1ccc(Br)cc12. The van der Waals surface area contributed by atoms with Crippen molar-refractivity contribution in [2.24, 2.45) is 11.7 Å². The zero-order valence-corrected chi connectivity index (χ0v) is 16.5. The number of nitrogens with two attached hydrogens (primary N) is 1. The van der Waals surface area contributed by atoms with Gasteiger partial charge in [-0.15, -0.1) is 0 Å². The second-order valence-electron chi connectivity index (χ2n) is 7.11. The van der Waals surface area contributed by atoms with Crippen LogP contribution in [0.1, 0.15) is 18.4 Å². The van der Waals surface area contributed by atoms with Crippen molar-refractivity contribution >= 4 is 45.0 Å². The first-order valence-corrected chi connectivity index (χ1v) is 9.73. The Labute approximate surface area is 170 Å². The summed E-state index contributed by atoms with van der Waals surface area (Å²) < 4.78 is 0.796. The van der Waals surface area contributed by atoms with E-state index in [0.717, 1.165) is 4.47 Å². The molecule has 2 aliphatic heterocycles. The fraction of sp³-hybridized carbons (Fsp3) is 0.250. The molecule has 2 aromatic rings. The second-order valence-corrected chi connectivity index (χ2v) is 8.02. The summed E-state index contributed by atoms with van der Waals surface area (Å²) in [6.45, 7) is 0. The molecule has 0 radical (unpaired) electrons. The van der Waals surface area contributed by atoms with Gasteiger partial charge in [-0.05, 0) is 36.8 Å². The molecule has 0 aliphatic carbocycles. The van der Waals surface area contributed by atoms with E-state index in [1.807, 2.05) is 30.3 Å². The number of primary amides is 1. The Morgan fingerprint density at radius 1 is 1.21 bits per heavy atom. The first-order valence-electron chi connectivity index (χ1n) is 8.93. The van der Waals surface area contributed by atoms with E-state index in [4.69, 9.17) is 5.73 Å². The van der Waals surface area contributed by atoms with E-state index in [0.29, 0.717) is 23.4 Å². The van der Waals surface area contributed by atoms with Gasteiger partial charge in [0.15, 0.2) is 0 Å². The van der Waals surface area contributed by atoms with Crippen molar-refractivity contribution in [2.75, 3.05) is 10.6 Å². The maximum absolute atomic E-state index is 13.2. The van der Waals surface area contributed by atoms with E-state index in [2.05, 4.69) is 31.9 Å². The molecule has 2 aliphatic rings. The summed E-state index contributed by atoms with van der Waals surface area (Å²) in [6, 6.07) is 14.1. The van der Waals surface area contributed by atoms with Crippen LogP contribution in [0.25, 0.3) is 0 Å². The number of halogens is 1. The number of fused-ring (bicyclic) bond motifs is 2. The molecule has 5 N–H and O–H groups in total. The van der Waals surface area contributed by atoms with Gasteiger partial charge in [0.1, 0.15) is 5.54 Å². The average molecular weight is 443 g/mol. The number of hydrogen-bond donors (Lipinski definition) is 4. The molecule has 2 heterocycles. The third-order valence-corrected chi connectivity index (χ3v) is 5.79. The van der Waals surface area contributed by atoms with Crippen molar-refractivity contribution in [3.8, 4) is 0 Å². The molecule has 2 aromatic carbocycles. The van der Waals surface area contributed by atoms with E-state index in [1.165, 1.54) is 0 Å². The highest BCUT2D eigenvalue weighted by atomic mass is 79.9. The summed E-state index contributed by atoms with van der Waals surface area (Å²) >= 11 is 3.44. The van der Waals surface area contributed by atoms with Crippen molar-refractivity contribution in [2.45, 2.75) is 24.4 Å². The van der Waals surface area contributed by atoms with E-state index in [9.17, 15) is 14.4 Å². The van der Waals surface area contributed by atoms with Gasteiger partial charge in [-0.3, -0.25) is 19.7 Å². The minimum Gasteiger partial charge on any atom is -0.370 e. The summed E-state index contributed by atoms with van der Waals surface area (Å²) in [5.41, 5.74) is 6.10. The van der Waals surface area contributed by atoms with Crippen molar-refractivity contribution in [1.29, 1.82) is 0 Å². The lowest BCUT2D eigenvalue weighted by atomic mass is 9.79. The van der Waals surface area contributed by atoms with Gasteiger partial charge < -0.3 is 16.4 Å². The molecule has 1 saturated heterocycles. The number of rotatable bonds is 4. The number of benzene rings is 2. The highest BCUT2D eigenvalue weighted by Gasteiger charge is 2.60. The standard InChI is InChI=1S/C20H19BrN4O3/c21-11-6-7-16-14(8-11)20(19(28)24-16)15(9-13(25-20)10-17(22)26)18(27)23-12-4-2-1-3-5-12/h1-8,13,15,25H,9-10H2,(H2,22,26)(H,23,27)(H,24,28). The Hall–Kier alpha value is -2.71. The molecule has 3 unspecified atom stereocenters. The normalized spacial score (nSPS) is 25.4. The monoisotopic (exact) mass is 442 g/mol. The number of para-hydroxylation sites is 1. The lowest BCUT2D eigenvalue weighted by Gasteiger charge is -2.29. The maximum Gasteiger partial charge on any atom is 0.250 e. The molecule has 4 rings (SSSR count). The van der Waals surface area contributed by atoms with Crippen molar-refractivity contribution in [3.63, 3.8) is 0 Å². The Bertz CT molecular complexity index is 965. The Morgan fingerprint density at radius 2 is 1.96 bits per heavy atom. The van der Waals surface area contributed by atoms with E-state index >= 15 is 0 Å². The van der Waals surface area contributed by atoms with Gasteiger partial charge in [-0.2, -0.15) is 0 Å². The molecule has 28 heavy (non-hydrogen) atoms. The fourth-order valence-electron chi connectivity index (χ4n) is 4.16. The van der Waals surface area contributed by atoms with Crippen LogP contribution < -0.4 is 21.7 Å². The number of anilines is 2. The zero-order valence-electron chi connectivity index (χ0n) is 14.9. The topological polar surface area (TPSA) is 113 Å². The van der Waals surface area contributed by atoms with Crippen molar-refractivity contribution in [3.05, 3.63) is 58.6 Å². The molecule has 1 spiro atoms. The van der Waals surface area contributed by atoms with Gasteiger partial charge in [0, 0.05) is 33.9 Å². The van der Waals surface area contributed by atoms with Crippen LogP contribution in [0, 0.1) is 5.92 Å². The van der Waals surface area contributed by atoms with Crippen molar-refractivity contribution < 1.29 is 14.4 Å². The van der Waals surface area contributed by atoms with Crippen LogP contribution in [0.2, 0.25) is 0 Å². The molecular weight excluding hydrogens is 424 g/mol. The molecule has 0 saturated carbocycles. The molecule has 3 atom stereocenters. The average Bonchev–Trinajstić information content (AvgIpc) is 3.15. The molecular formula is C20H19BrN4O3. The van der Waals surface area contributed by atoms with Crippen LogP contribution >= 0.6 is 15.9 Å². The van der Waals surface area contributed by atoms with Crippen molar-refractivity contribution in [1.82, 2.24) is 5.32 Å². The lowest BCUT2D eigenvalue weighted by molar-refractivity contribution is -0.130. The summed E-state index contributed by atoms with van der Waals surface area (Å²) in [6.07, 6.45) is 0.370. The number of amides is 3. The minimum atomic E-state index is -1.25. The van der Waals surface area contributed by atoms with Gasteiger partial charge in [-0.25, -0.2) is 0 Å². The maximum atomic E-state index is 13.2. The molecule has 1 fully saturated rings. The molecule has 0 aromatic heterocycles. The zero-order chi connectivity index (χ0) is 19.9. The quantitative estimate of drug-likeness (QED) is 0.580. The molecule has 144 valence electrons. The fourth-order valence-corrected chi connectivity index (χ4v) is 4.52. The number of carbonyl (C=O) groups excluding carboxylic acids is 3. The first kappa shape index (κ1) is 18.6. The van der Waals surface area contributed by atoms with Gasteiger partial charge >= 0.3 is 0 Å². The Kier molecular flexibility index (Phi) is 4.68. The first-order chi connectivity index (χ1) is 13.4. The predicted octanol–water partition coefficient (Wildman–Crippen LogP) is 2.09. The highest BCUT2D eigenvalue weighted by molar-refractivity contribution is 9.10. The smallest absolute Gasteiger partial charge is 0.250 e. The number of nitrogens with one attached hydrogen (secondary N) is 3. The summed E-state index contributed by atoms with van der Waals surface area (Å²) in [4.78, 5) is 37.7. The largest absolute Gasteiger partial charge is 0.370 e. The predicted molar refractivity (Wildman–Crippen MR) is 108 cm³/mol. The summed E-state index contributed by atoms with van der Waals surface area (Å²) in [7, 11) is 0. The van der Waals surface area contributed by atoms with Crippen LogP contribution in [-0.4, -0.2) is 23.8 Å². The van der Waals surface area contributed by atoms with Crippen LogP contribution in [-0.2, 0) is 19.9 Å². The minimum absolute atomic E-state index is 0.0491. The van der Waals surface area contributed by atoms with Gasteiger partial charge in [-0.1, -0.05) is 34.1 Å². The summed E-state index contributed by atoms with van der Waals surface area (Å²) in [5.74, 6) is -1.77. The highest BCUT2D eigenvalue weighted by Crippen LogP contribution is 2.48. The third kappa shape index (κ3) is 3.08. The van der Waals surface area contributed by atoms with Gasteiger partial charge in [0.05, 0.1) is 5.92 Å². The summed E-state index contributed by atoms with van der Waals surface area (Å²) in [5, 5.41) is 9.00. The Balaban J connectivity index is 1.75. The third-order valence-electron chi connectivity index (χ3n) is 5.29. The van der Waals surface area contributed by atoms with Crippen LogP contribution in [0.15, 0.2) is 53.0 Å². The van der Waals surface area contributed by atoms with Crippen LogP contribution in [0.5, 0.6) is 0 Å². The van der Waals surface area contributed by atoms with Gasteiger partial charge in [0.25, 0.3) is 0 Å². The van der Waals surface area contributed by atoms with Crippen LogP contribution in [0.4, 0.5) is 11.4 Å². The molecule has 0 bridgehead atoms. The lowest BCUT2D eigenvalue weighted by Crippen LogP contribution is -2.52. The molecule has 3 amide bonds.